The van der Waals surface area contributed by atoms with E-state index in [9.17, 15) is 4.79 Å². The molecule has 1 amide bonds. The fourth-order valence-corrected chi connectivity index (χ4v) is 3.67. The van der Waals surface area contributed by atoms with Gasteiger partial charge >= 0.3 is 0 Å². The summed E-state index contributed by atoms with van der Waals surface area (Å²) in [6.07, 6.45) is 0. The van der Waals surface area contributed by atoms with E-state index < -0.39 is 0 Å². The topological polar surface area (TPSA) is 81.4 Å². The molecular weight excluding hydrogens is 454 g/mol. The summed E-state index contributed by atoms with van der Waals surface area (Å²) in [5, 5.41) is 16.3. The van der Waals surface area contributed by atoms with Crippen molar-refractivity contribution in [1.29, 1.82) is 0 Å². The SMILES string of the molecule is COc1ccccc1-c1ccc2nnc(SCC(=O)Nc3ccc(Br)cc3)n2n1. The van der Waals surface area contributed by atoms with Gasteiger partial charge in [-0.25, -0.2) is 0 Å². The van der Waals surface area contributed by atoms with Gasteiger partial charge in [0.1, 0.15) is 5.75 Å². The van der Waals surface area contributed by atoms with Crippen LogP contribution in [0.25, 0.3) is 16.9 Å². The summed E-state index contributed by atoms with van der Waals surface area (Å²) in [6.45, 7) is 0. The number of aromatic nitrogens is 4. The number of para-hydroxylation sites is 1. The van der Waals surface area contributed by atoms with Crippen molar-refractivity contribution in [2.45, 2.75) is 5.16 Å². The van der Waals surface area contributed by atoms with E-state index >= 15 is 0 Å². The highest BCUT2D eigenvalue weighted by atomic mass is 79.9. The Labute approximate surface area is 179 Å². The number of carbonyl (C=O) groups is 1. The molecule has 0 aliphatic heterocycles. The van der Waals surface area contributed by atoms with Gasteiger partial charge < -0.3 is 10.1 Å². The minimum absolute atomic E-state index is 0.130. The van der Waals surface area contributed by atoms with Crippen LogP contribution < -0.4 is 10.1 Å². The first-order valence-electron chi connectivity index (χ1n) is 8.68. The summed E-state index contributed by atoms with van der Waals surface area (Å²) >= 11 is 4.65. The number of nitrogens with zero attached hydrogens (tertiary/aromatic N) is 4. The Bertz CT molecular complexity index is 1160. The highest BCUT2D eigenvalue weighted by molar-refractivity contribution is 9.10. The lowest BCUT2D eigenvalue weighted by Crippen LogP contribution is -2.14. The second kappa shape index (κ2) is 8.62. The molecule has 9 heteroatoms. The van der Waals surface area contributed by atoms with E-state index in [0.717, 1.165) is 27.2 Å². The minimum atomic E-state index is -0.130. The van der Waals surface area contributed by atoms with Crippen molar-refractivity contribution < 1.29 is 9.53 Å². The number of anilines is 1. The number of nitrogens with one attached hydrogen (secondary N) is 1. The standard InChI is InChI=1S/C20H16BrN5O2S/c1-28-17-5-3-2-4-15(17)16-10-11-18-23-24-20(26(18)25-16)29-12-19(27)22-14-8-6-13(21)7-9-14/h2-11H,12H2,1H3,(H,22,27). The number of ether oxygens (including phenoxy) is 1. The van der Waals surface area contributed by atoms with Crippen LogP contribution in [-0.4, -0.2) is 38.6 Å². The number of rotatable bonds is 6. The van der Waals surface area contributed by atoms with Crippen molar-refractivity contribution in [2.75, 3.05) is 18.2 Å². The number of amides is 1. The van der Waals surface area contributed by atoms with Gasteiger partial charge in [0.05, 0.1) is 18.6 Å². The van der Waals surface area contributed by atoms with Crippen molar-refractivity contribution in [3.63, 3.8) is 0 Å². The van der Waals surface area contributed by atoms with E-state index in [-0.39, 0.29) is 11.7 Å². The molecule has 0 aliphatic carbocycles. The highest BCUT2D eigenvalue weighted by Gasteiger charge is 2.13. The maximum absolute atomic E-state index is 12.3. The average Bonchev–Trinajstić information content (AvgIpc) is 3.16. The molecule has 2 aromatic carbocycles. The zero-order valence-corrected chi connectivity index (χ0v) is 17.8. The van der Waals surface area contributed by atoms with Gasteiger partial charge in [0.15, 0.2) is 5.65 Å². The van der Waals surface area contributed by atoms with E-state index in [2.05, 4.69) is 36.5 Å². The van der Waals surface area contributed by atoms with E-state index in [1.165, 1.54) is 11.8 Å². The molecule has 146 valence electrons. The first-order chi connectivity index (χ1) is 14.1. The number of fused-ring (bicyclic) bond motifs is 1. The summed E-state index contributed by atoms with van der Waals surface area (Å²) in [6, 6.07) is 18.8. The predicted molar refractivity (Wildman–Crippen MR) is 116 cm³/mol. The van der Waals surface area contributed by atoms with Crippen LogP contribution in [-0.2, 0) is 4.79 Å². The van der Waals surface area contributed by atoms with Gasteiger partial charge in [-0.15, -0.1) is 10.2 Å². The molecule has 2 heterocycles. The Morgan fingerprint density at radius 2 is 1.90 bits per heavy atom. The molecule has 0 saturated heterocycles. The van der Waals surface area contributed by atoms with Gasteiger partial charge in [-0.1, -0.05) is 39.8 Å². The highest BCUT2D eigenvalue weighted by Crippen LogP contribution is 2.28. The monoisotopic (exact) mass is 469 g/mol. The first-order valence-corrected chi connectivity index (χ1v) is 10.5. The van der Waals surface area contributed by atoms with Crippen molar-refractivity contribution in [3.8, 4) is 17.0 Å². The van der Waals surface area contributed by atoms with Crippen molar-refractivity contribution in [2.24, 2.45) is 0 Å². The molecule has 0 spiro atoms. The normalized spacial score (nSPS) is 10.8. The Hall–Kier alpha value is -2.91. The Morgan fingerprint density at radius 1 is 1.10 bits per heavy atom. The molecule has 0 unspecified atom stereocenters. The maximum Gasteiger partial charge on any atom is 0.234 e. The fraction of sp³-hybridized carbons (Fsp3) is 0.100. The van der Waals surface area contributed by atoms with Gasteiger partial charge in [0.2, 0.25) is 11.1 Å². The molecule has 0 fully saturated rings. The number of benzene rings is 2. The van der Waals surface area contributed by atoms with Crippen LogP contribution in [0.3, 0.4) is 0 Å². The quantitative estimate of drug-likeness (QED) is 0.424. The van der Waals surface area contributed by atoms with Crippen LogP contribution in [0.15, 0.2) is 70.3 Å². The van der Waals surface area contributed by atoms with Crippen molar-refractivity contribution in [1.82, 2.24) is 19.8 Å². The Morgan fingerprint density at radius 3 is 2.69 bits per heavy atom. The molecule has 29 heavy (non-hydrogen) atoms. The number of thioether (sulfide) groups is 1. The van der Waals surface area contributed by atoms with Crippen molar-refractivity contribution >= 4 is 44.9 Å². The fourth-order valence-electron chi connectivity index (χ4n) is 2.72. The first kappa shape index (κ1) is 19.4. The third kappa shape index (κ3) is 4.41. The van der Waals surface area contributed by atoms with Crippen LogP contribution in [0.5, 0.6) is 5.75 Å². The Kier molecular flexibility index (Phi) is 5.77. The maximum atomic E-state index is 12.3. The molecule has 0 atom stereocenters. The van der Waals surface area contributed by atoms with Gasteiger partial charge in [0.25, 0.3) is 0 Å². The molecule has 2 aromatic heterocycles. The van der Waals surface area contributed by atoms with Crippen molar-refractivity contribution in [3.05, 3.63) is 65.1 Å². The van der Waals surface area contributed by atoms with E-state index in [1.807, 2.05) is 60.7 Å². The van der Waals surface area contributed by atoms with Crippen LogP contribution in [0.2, 0.25) is 0 Å². The summed E-state index contributed by atoms with van der Waals surface area (Å²) in [4.78, 5) is 12.3. The average molecular weight is 470 g/mol. The smallest absolute Gasteiger partial charge is 0.234 e. The number of hydrogen-bond acceptors (Lipinski definition) is 6. The lowest BCUT2D eigenvalue weighted by atomic mass is 10.1. The lowest BCUT2D eigenvalue weighted by molar-refractivity contribution is -0.113. The summed E-state index contributed by atoms with van der Waals surface area (Å²) in [5.41, 5.74) is 2.95. The third-order valence-corrected chi connectivity index (χ3v) is 5.53. The van der Waals surface area contributed by atoms with Crippen LogP contribution in [0.1, 0.15) is 0 Å². The van der Waals surface area contributed by atoms with Crippen LogP contribution >= 0.6 is 27.7 Å². The lowest BCUT2D eigenvalue weighted by Gasteiger charge is -2.08. The number of hydrogen-bond donors (Lipinski definition) is 1. The number of halogens is 1. The molecule has 0 radical (unpaired) electrons. The minimum Gasteiger partial charge on any atom is -0.496 e. The van der Waals surface area contributed by atoms with Crippen LogP contribution in [0, 0.1) is 0 Å². The molecule has 4 aromatic rings. The zero-order valence-electron chi connectivity index (χ0n) is 15.4. The molecule has 0 bridgehead atoms. The molecule has 7 nitrogen and oxygen atoms in total. The van der Waals surface area contributed by atoms with Crippen LogP contribution in [0.4, 0.5) is 5.69 Å². The molecule has 0 saturated carbocycles. The zero-order chi connectivity index (χ0) is 20.2. The molecule has 4 rings (SSSR count). The van der Waals surface area contributed by atoms with Gasteiger partial charge in [-0.2, -0.15) is 9.61 Å². The van der Waals surface area contributed by atoms with E-state index in [4.69, 9.17) is 4.74 Å². The summed E-state index contributed by atoms with van der Waals surface area (Å²) < 4.78 is 8.02. The number of carbonyl (C=O) groups excluding carboxylic acids is 1. The number of methoxy groups -OCH3 is 1. The van der Waals surface area contributed by atoms with Gasteiger partial charge in [-0.3, -0.25) is 4.79 Å². The largest absolute Gasteiger partial charge is 0.496 e. The second-order valence-electron chi connectivity index (χ2n) is 6.02. The van der Waals surface area contributed by atoms with E-state index in [1.54, 1.807) is 11.6 Å². The summed E-state index contributed by atoms with van der Waals surface area (Å²) in [5.74, 6) is 0.794. The third-order valence-electron chi connectivity index (χ3n) is 4.08. The van der Waals surface area contributed by atoms with Gasteiger partial charge in [0, 0.05) is 15.7 Å². The Balaban J connectivity index is 1.52. The second-order valence-corrected chi connectivity index (χ2v) is 7.87. The van der Waals surface area contributed by atoms with E-state index in [0.29, 0.717) is 10.8 Å². The molecule has 1 N–H and O–H groups in total. The molecular formula is C20H16BrN5O2S. The summed E-state index contributed by atoms with van der Waals surface area (Å²) in [7, 11) is 1.63. The molecule has 0 aliphatic rings. The van der Waals surface area contributed by atoms with Gasteiger partial charge in [-0.05, 0) is 48.5 Å². The predicted octanol–water partition coefficient (Wildman–Crippen LogP) is 4.29.